The molecule has 1 heterocycles. The van der Waals surface area contributed by atoms with Crippen molar-refractivity contribution in [3.63, 3.8) is 0 Å². The number of hydrogen-bond donors (Lipinski definition) is 0. The molecule has 0 saturated carbocycles. The lowest BCUT2D eigenvalue weighted by Crippen LogP contribution is -1.88. The van der Waals surface area contributed by atoms with Gasteiger partial charge in [0.2, 0.25) is 0 Å². The van der Waals surface area contributed by atoms with Crippen LogP contribution in [-0.4, -0.2) is 18.5 Å². The first kappa shape index (κ1) is 18.6. The molecule has 22 heavy (non-hydrogen) atoms. The van der Waals surface area contributed by atoms with Crippen LogP contribution in [0.25, 0.3) is 0 Å². The van der Waals surface area contributed by atoms with Gasteiger partial charge in [0.1, 0.15) is 6.29 Å². The van der Waals surface area contributed by atoms with E-state index in [9.17, 15) is 4.79 Å². The Balaban J connectivity index is 1.89. The predicted molar refractivity (Wildman–Crippen MR) is 93.9 cm³/mol. The summed E-state index contributed by atoms with van der Waals surface area (Å²) in [6, 6.07) is 0. The molecule has 0 aromatic rings. The number of epoxide rings is 1. The number of unbranched alkanes of at least 4 members (excludes halogenated alkanes) is 2. The van der Waals surface area contributed by atoms with Gasteiger partial charge in [-0.05, 0) is 44.9 Å². The summed E-state index contributed by atoms with van der Waals surface area (Å²) in [4.78, 5) is 10.1. The van der Waals surface area contributed by atoms with Crippen LogP contribution in [0.5, 0.6) is 0 Å². The van der Waals surface area contributed by atoms with E-state index in [0.29, 0.717) is 18.6 Å². The maximum absolute atomic E-state index is 10.1. The van der Waals surface area contributed by atoms with Crippen molar-refractivity contribution in [3.8, 4) is 0 Å². The Labute approximate surface area is 135 Å². The number of carbonyl (C=O) groups excluding carboxylic acids is 1. The van der Waals surface area contributed by atoms with Crippen molar-refractivity contribution >= 4 is 6.29 Å². The van der Waals surface area contributed by atoms with Crippen LogP contribution in [0.2, 0.25) is 0 Å². The molecule has 0 aromatic carbocycles. The highest BCUT2D eigenvalue weighted by atomic mass is 16.6. The number of rotatable bonds is 13. The molecule has 1 aliphatic rings. The summed E-state index contributed by atoms with van der Waals surface area (Å²) in [5.74, 6) is 0. The zero-order valence-corrected chi connectivity index (χ0v) is 13.8. The van der Waals surface area contributed by atoms with Gasteiger partial charge in [0.15, 0.2) is 0 Å². The number of allylic oxidation sites excluding steroid dienone is 7. The van der Waals surface area contributed by atoms with E-state index in [2.05, 4.69) is 55.5 Å². The fraction of sp³-hybridized carbons (Fsp3) is 0.550. The molecule has 0 amide bonds. The smallest absolute Gasteiger partial charge is 0.120 e. The second kappa shape index (κ2) is 13.3. The number of ether oxygens (including phenoxy) is 1. The zero-order valence-electron chi connectivity index (χ0n) is 13.8. The topological polar surface area (TPSA) is 29.6 Å². The lowest BCUT2D eigenvalue weighted by atomic mass is 10.2. The van der Waals surface area contributed by atoms with Crippen LogP contribution in [0.1, 0.15) is 58.3 Å². The molecule has 1 aliphatic heterocycles. The molecular formula is C20H30O2. The van der Waals surface area contributed by atoms with Gasteiger partial charge in [0, 0.05) is 6.42 Å². The van der Waals surface area contributed by atoms with Crippen molar-refractivity contribution in [1.82, 2.24) is 0 Å². The highest BCUT2D eigenvalue weighted by Crippen LogP contribution is 2.28. The summed E-state index contributed by atoms with van der Waals surface area (Å²) in [6.07, 6.45) is 27.4. The molecule has 0 unspecified atom stereocenters. The van der Waals surface area contributed by atoms with E-state index >= 15 is 0 Å². The van der Waals surface area contributed by atoms with E-state index < -0.39 is 0 Å². The Kier molecular flexibility index (Phi) is 11.2. The number of aldehydes is 1. The molecular weight excluding hydrogens is 272 g/mol. The van der Waals surface area contributed by atoms with Gasteiger partial charge >= 0.3 is 0 Å². The maximum Gasteiger partial charge on any atom is 0.120 e. The zero-order chi connectivity index (χ0) is 15.9. The molecule has 1 rings (SSSR count). The lowest BCUT2D eigenvalue weighted by Gasteiger charge is -1.87. The normalized spacial score (nSPS) is 21.7. The summed E-state index contributed by atoms with van der Waals surface area (Å²) in [6.45, 7) is 2.17. The summed E-state index contributed by atoms with van der Waals surface area (Å²) in [7, 11) is 0. The minimum atomic E-state index is 0.486. The quantitative estimate of drug-likeness (QED) is 0.199. The van der Waals surface area contributed by atoms with Crippen molar-refractivity contribution in [2.45, 2.75) is 70.5 Å². The van der Waals surface area contributed by atoms with Gasteiger partial charge in [-0.2, -0.15) is 0 Å². The van der Waals surface area contributed by atoms with Crippen molar-refractivity contribution in [2.75, 3.05) is 0 Å². The molecule has 0 bridgehead atoms. The van der Waals surface area contributed by atoms with E-state index in [1.807, 2.05) is 0 Å². The van der Waals surface area contributed by atoms with E-state index in [0.717, 1.165) is 51.2 Å². The van der Waals surface area contributed by atoms with Gasteiger partial charge in [0.05, 0.1) is 12.2 Å². The van der Waals surface area contributed by atoms with Crippen LogP contribution in [0, 0.1) is 0 Å². The Morgan fingerprint density at radius 1 is 0.773 bits per heavy atom. The highest BCUT2D eigenvalue weighted by Gasteiger charge is 2.35. The third kappa shape index (κ3) is 10.3. The van der Waals surface area contributed by atoms with Crippen LogP contribution >= 0.6 is 0 Å². The van der Waals surface area contributed by atoms with E-state index in [-0.39, 0.29) is 0 Å². The standard InChI is InChI=1S/C20H30O2/c1-2-19-20(22-19)17-15-13-11-9-7-5-3-4-6-8-10-12-14-16-18-21/h3-4,7-10,13,15,18-20H,2,5-6,11-12,14,16-17H2,1H3/b4-3-,9-7-,10-8-,15-13-/t19-,20+/m1/s1. The number of carbonyl (C=O) groups is 1. The molecule has 2 heteroatoms. The Morgan fingerprint density at radius 2 is 1.36 bits per heavy atom. The van der Waals surface area contributed by atoms with Gasteiger partial charge in [-0.3, -0.25) is 0 Å². The molecule has 2 nitrogen and oxygen atoms in total. The summed E-state index contributed by atoms with van der Waals surface area (Å²) in [5, 5.41) is 0. The van der Waals surface area contributed by atoms with Gasteiger partial charge in [-0.15, -0.1) is 0 Å². The summed E-state index contributed by atoms with van der Waals surface area (Å²) < 4.78 is 5.49. The number of hydrogen-bond acceptors (Lipinski definition) is 2. The molecule has 1 fully saturated rings. The van der Waals surface area contributed by atoms with E-state index in [4.69, 9.17) is 4.74 Å². The molecule has 0 radical (unpaired) electrons. The van der Waals surface area contributed by atoms with Crippen LogP contribution < -0.4 is 0 Å². The average Bonchev–Trinajstić information content (AvgIpc) is 3.30. The second-order valence-electron chi connectivity index (χ2n) is 5.55. The third-order valence-corrected chi connectivity index (χ3v) is 3.63. The van der Waals surface area contributed by atoms with Crippen LogP contribution in [0.3, 0.4) is 0 Å². The molecule has 0 aliphatic carbocycles. The first-order chi connectivity index (χ1) is 10.9. The minimum absolute atomic E-state index is 0.486. The molecule has 1 saturated heterocycles. The Morgan fingerprint density at radius 3 is 1.91 bits per heavy atom. The molecule has 122 valence electrons. The van der Waals surface area contributed by atoms with E-state index in [1.54, 1.807) is 0 Å². The third-order valence-electron chi connectivity index (χ3n) is 3.63. The summed E-state index contributed by atoms with van der Waals surface area (Å²) in [5.41, 5.74) is 0. The monoisotopic (exact) mass is 302 g/mol. The highest BCUT2D eigenvalue weighted by molar-refractivity contribution is 5.49. The largest absolute Gasteiger partial charge is 0.369 e. The Bertz CT molecular complexity index is 391. The van der Waals surface area contributed by atoms with Crippen molar-refractivity contribution in [1.29, 1.82) is 0 Å². The van der Waals surface area contributed by atoms with Crippen molar-refractivity contribution < 1.29 is 9.53 Å². The SMILES string of the molecule is CC[C@H]1O[C@H]1C/C=C\C/C=C\C/C=C\C/C=C\CCCC=O. The summed E-state index contributed by atoms with van der Waals surface area (Å²) >= 11 is 0. The minimum Gasteiger partial charge on any atom is -0.369 e. The van der Waals surface area contributed by atoms with E-state index in [1.165, 1.54) is 0 Å². The second-order valence-corrected chi connectivity index (χ2v) is 5.55. The molecule has 0 N–H and O–H groups in total. The maximum atomic E-state index is 10.1. The first-order valence-electron chi connectivity index (χ1n) is 8.57. The van der Waals surface area contributed by atoms with Gasteiger partial charge in [-0.25, -0.2) is 0 Å². The van der Waals surface area contributed by atoms with Gasteiger partial charge < -0.3 is 9.53 Å². The molecule has 0 spiro atoms. The first-order valence-corrected chi connectivity index (χ1v) is 8.57. The Hall–Kier alpha value is -1.41. The molecule has 2 atom stereocenters. The molecule has 0 aromatic heterocycles. The van der Waals surface area contributed by atoms with Crippen LogP contribution in [-0.2, 0) is 9.53 Å². The fourth-order valence-corrected chi connectivity index (χ4v) is 2.23. The van der Waals surface area contributed by atoms with Crippen LogP contribution in [0.4, 0.5) is 0 Å². The van der Waals surface area contributed by atoms with Gasteiger partial charge in [0.25, 0.3) is 0 Å². The van der Waals surface area contributed by atoms with Crippen molar-refractivity contribution in [2.24, 2.45) is 0 Å². The average molecular weight is 302 g/mol. The lowest BCUT2D eigenvalue weighted by molar-refractivity contribution is -0.107. The van der Waals surface area contributed by atoms with Gasteiger partial charge in [-0.1, -0.05) is 55.5 Å². The predicted octanol–water partition coefficient (Wildman–Crippen LogP) is 5.32. The van der Waals surface area contributed by atoms with Crippen molar-refractivity contribution in [3.05, 3.63) is 48.6 Å². The van der Waals surface area contributed by atoms with Crippen LogP contribution in [0.15, 0.2) is 48.6 Å². The fourth-order valence-electron chi connectivity index (χ4n) is 2.23.